The van der Waals surface area contributed by atoms with Crippen molar-refractivity contribution < 1.29 is 9.59 Å². The van der Waals surface area contributed by atoms with Crippen LogP contribution in [0.4, 0.5) is 0 Å². The lowest BCUT2D eigenvalue weighted by Crippen LogP contribution is -2.37. The molecular weight excluding hydrogens is 348 g/mol. The van der Waals surface area contributed by atoms with Crippen LogP contribution < -0.4 is 5.32 Å². The Hall–Kier alpha value is -2.98. The van der Waals surface area contributed by atoms with Crippen molar-refractivity contribution in [1.29, 1.82) is 0 Å². The van der Waals surface area contributed by atoms with Crippen LogP contribution in [0, 0.1) is 13.8 Å². The minimum atomic E-state index is -0.429. The highest BCUT2D eigenvalue weighted by molar-refractivity contribution is 6.05. The molecule has 0 saturated carbocycles. The molecule has 0 spiro atoms. The van der Waals surface area contributed by atoms with Gasteiger partial charge in [-0.3, -0.25) is 14.9 Å². The third kappa shape index (κ3) is 3.97. The van der Waals surface area contributed by atoms with Crippen LogP contribution in [0.15, 0.2) is 60.7 Å². The number of benzene rings is 2. The van der Waals surface area contributed by atoms with Crippen LogP contribution >= 0.6 is 0 Å². The number of carbonyl (C=O) groups excluding carboxylic acids is 2. The lowest BCUT2D eigenvalue weighted by Gasteiger charge is -2.24. The smallest absolute Gasteiger partial charge is 0.195 e. The predicted molar refractivity (Wildman–Crippen MR) is 112 cm³/mol. The van der Waals surface area contributed by atoms with Crippen molar-refractivity contribution in [2.24, 2.45) is 0 Å². The molecule has 3 aromatic rings. The highest BCUT2D eigenvalue weighted by atomic mass is 16.1. The molecule has 28 heavy (non-hydrogen) atoms. The van der Waals surface area contributed by atoms with Gasteiger partial charge in [-0.25, -0.2) is 0 Å². The largest absolute Gasteiger partial charge is 0.355 e. The maximum Gasteiger partial charge on any atom is 0.195 e. The SMILES string of the molecule is CC(=O)c1c(C)[nH]c(C(=O)[C@H](C)NC(c2ccccc2)c2ccccc2)c1C. The molecule has 2 N–H and O–H groups in total. The Balaban J connectivity index is 1.91. The highest BCUT2D eigenvalue weighted by Gasteiger charge is 2.26. The van der Waals surface area contributed by atoms with E-state index in [1.54, 1.807) is 0 Å². The summed E-state index contributed by atoms with van der Waals surface area (Å²) in [7, 11) is 0. The van der Waals surface area contributed by atoms with E-state index < -0.39 is 6.04 Å². The molecule has 1 aromatic heterocycles. The van der Waals surface area contributed by atoms with E-state index >= 15 is 0 Å². The fourth-order valence-electron chi connectivity index (χ4n) is 3.74. The first kappa shape index (κ1) is 19.8. The van der Waals surface area contributed by atoms with E-state index in [-0.39, 0.29) is 17.6 Å². The fourth-order valence-corrected chi connectivity index (χ4v) is 3.74. The van der Waals surface area contributed by atoms with Crippen molar-refractivity contribution in [3.05, 3.63) is 94.3 Å². The van der Waals surface area contributed by atoms with Crippen LogP contribution in [0.3, 0.4) is 0 Å². The number of nitrogens with one attached hydrogen (secondary N) is 2. The van der Waals surface area contributed by atoms with Crippen LogP contribution in [0.2, 0.25) is 0 Å². The van der Waals surface area contributed by atoms with Gasteiger partial charge in [0.25, 0.3) is 0 Å². The second-order valence-corrected chi connectivity index (χ2v) is 7.19. The average molecular weight is 374 g/mol. The molecule has 0 aliphatic rings. The molecule has 1 atom stereocenters. The van der Waals surface area contributed by atoms with Gasteiger partial charge in [-0.1, -0.05) is 60.7 Å². The Labute approximate surface area is 166 Å². The van der Waals surface area contributed by atoms with Gasteiger partial charge < -0.3 is 4.98 Å². The second kappa shape index (κ2) is 8.36. The van der Waals surface area contributed by atoms with E-state index in [9.17, 15) is 9.59 Å². The van der Waals surface area contributed by atoms with Gasteiger partial charge in [-0.15, -0.1) is 0 Å². The molecular formula is C24H26N2O2. The average Bonchev–Trinajstić information content (AvgIpc) is 3.00. The molecule has 0 radical (unpaired) electrons. The Morgan fingerprint density at radius 2 is 1.39 bits per heavy atom. The van der Waals surface area contributed by atoms with Gasteiger partial charge in [0.15, 0.2) is 11.6 Å². The lowest BCUT2D eigenvalue weighted by molar-refractivity contribution is 0.0941. The van der Waals surface area contributed by atoms with E-state index in [0.29, 0.717) is 11.3 Å². The minimum Gasteiger partial charge on any atom is -0.355 e. The summed E-state index contributed by atoms with van der Waals surface area (Å²) in [4.78, 5) is 28.2. The van der Waals surface area contributed by atoms with Crippen LogP contribution in [-0.2, 0) is 0 Å². The van der Waals surface area contributed by atoms with E-state index in [1.165, 1.54) is 6.92 Å². The third-order valence-electron chi connectivity index (χ3n) is 5.11. The van der Waals surface area contributed by atoms with E-state index in [0.717, 1.165) is 22.4 Å². The molecule has 0 unspecified atom stereocenters. The zero-order valence-corrected chi connectivity index (χ0v) is 16.7. The van der Waals surface area contributed by atoms with E-state index in [1.807, 2.05) is 57.2 Å². The summed E-state index contributed by atoms with van der Waals surface area (Å²) in [6.07, 6.45) is 0. The number of carbonyl (C=O) groups is 2. The van der Waals surface area contributed by atoms with E-state index in [2.05, 4.69) is 34.6 Å². The Bertz CT molecular complexity index is 935. The minimum absolute atomic E-state index is 0.0302. The Kier molecular flexibility index (Phi) is 5.90. The van der Waals surface area contributed by atoms with Gasteiger partial charge in [-0.2, -0.15) is 0 Å². The molecule has 2 aromatic carbocycles. The van der Waals surface area contributed by atoms with Gasteiger partial charge in [0.05, 0.1) is 17.8 Å². The quantitative estimate of drug-likeness (QED) is 0.585. The summed E-state index contributed by atoms with van der Waals surface area (Å²) in [6, 6.07) is 19.6. The first-order chi connectivity index (χ1) is 13.4. The Morgan fingerprint density at radius 1 is 0.893 bits per heavy atom. The molecule has 3 rings (SSSR count). The first-order valence-electron chi connectivity index (χ1n) is 9.50. The number of aromatic nitrogens is 1. The molecule has 0 aliphatic heterocycles. The van der Waals surface area contributed by atoms with Crippen LogP contribution in [0.25, 0.3) is 0 Å². The number of hydrogen-bond donors (Lipinski definition) is 2. The summed E-state index contributed by atoms with van der Waals surface area (Å²) in [6.45, 7) is 7.05. The zero-order chi connectivity index (χ0) is 20.3. The number of Topliss-reactive ketones (excluding diaryl/α,β-unsaturated/α-hetero) is 2. The maximum absolute atomic E-state index is 13.1. The van der Waals surface area contributed by atoms with Crippen molar-refractivity contribution >= 4 is 11.6 Å². The molecule has 4 heteroatoms. The van der Waals surface area contributed by atoms with Crippen molar-refractivity contribution in [1.82, 2.24) is 10.3 Å². The number of aromatic amines is 1. The summed E-state index contributed by atoms with van der Waals surface area (Å²) in [5, 5.41) is 3.48. The van der Waals surface area contributed by atoms with E-state index in [4.69, 9.17) is 0 Å². The second-order valence-electron chi connectivity index (χ2n) is 7.19. The van der Waals surface area contributed by atoms with Crippen molar-refractivity contribution in [3.8, 4) is 0 Å². The van der Waals surface area contributed by atoms with Gasteiger partial charge in [0, 0.05) is 11.3 Å². The molecule has 0 saturated heterocycles. The standard InChI is InChI=1S/C24H26N2O2/c1-15-21(18(4)27)16(2)25-22(15)24(28)17(3)26-23(19-11-7-5-8-12-19)20-13-9-6-10-14-20/h5-14,17,23,25-26H,1-4H3/t17-/m0/s1. The number of H-pyrrole nitrogens is 1. The van der Waals surface area contributed by atoms with Crippen molar-refractivity contribution in [3.63, 3.8) is 0 Å². The summed E-state index contributed by atoms with van der Waals surface area (Å²) in [5.74, 6) is -0.0812. The molecule has 0 aliphatic carbocycles. The third-order valence-corrected chi connectivity index (χ3v) is 5.11. The van der Waals surface area contributed by atoms with Crippen molar-refractivity contribution in [2.45, 2.75) is 39.8 Å². The number of rotatable bonds is 7. The van der Waals surface area contributed by atoms with Gasteiger partial charge >= 0.3 is 0 Å². The molecule has 1 heterocycles. The lowest BCUT2D eigenvalue weighted by atomic mass is 9.96. The van der Waals surface area contributed by atoms with Gasteiger partial charge in [0.1, 0.15) is 0 Å². The number of ketones is 2. The summed E-state index contributed by atoms with van der Waals surface area (Å²) < 4.78 is 0. The Morgan fingerprint density at radius 3 is 1.82 bits per heavy atom. The monoisotopic (exact) mass is 374 g/mol. The topological polar surface area (TPSA) is 62.0 Å². The van der Waals surface area contributed by atoms with Gasteiger partial charge in [0.2, 0.25) is 0 Å². The van der Waals surface area contributed by atoms with Crippen LogP contribution in [0.1, 0.15) is 63.1 Å². The first-order valence-corrected chi connectivity index (χ1v) is 9.50. The predicted octanol–water partition coefficient (Wildman–Crippen LogP) is 4.78. The molecule has 0 amide bonds. The van der Waals surface area contributed by atoms with Crippen molar-refractivity contribution in [2.75, 3.05) is 0 Å². The van der Waals surface area contributed by atoms with Gasteiger partial charge in [-0.05, 0) is 44.4 Å². The maximum atomic E-state index is 13.1. The zero-order valence-electron chi connectivity index (χ0n) is 16.7. The number of hydrogen-bond acceptors (Lipinski definition) is 3. The summed E-state index contributed by atoms with van der Waals surface area (Å²) in [5.41, 5.74) is 4.76. The fraction of sp³-hybridized carbons (Fsp3) is 0.250. The summed E-state index contributed by atoms with van der Waals surface area (Å²) >= 11 is 0. The number of aryl methyl sites for hydroxylation is 1. The van der Waals surface area contributed by atoms with Crippen LogP contribution in [-0.4, -0.2) is 22.6 Å². The molecule has 0 bridgehead atoms. The molecule has 0 fully saturated rings. The highest BCUT2D eigenvalue weighted by Crippen LogP contribution is 2.24. The normalized spacial score (nSPS) is 12.2. The van der Waals surface area contributed by atoms with Crippen LogP contribution in [0.5, 0.6) is 0 Å². The molecule has 144 valence electrons. The molecule has 4 nitrogen and oxygen atoms in total.